The van der Waals surface area contributed by atoms with Gasteiger partial charge in [0, 0.05) is 32.6 Å². The van der Waals surface area contributed by atoms with Crippen LogP contribution in [0.5, 0.6) is 0 Å². The van der Waals surface area contributed by atoms with Crippen LogP contribution in [0, 0.1) is 0 Å². The third-order valence-corrected chi connectivity index (χ3v) is 5.46. The van der Waals surface area contributed by atoms with Crippen LogP contribution in [-0.2, 0) is 4.79 Å². The lowest BCUT2D eigenvalue weighted by Crippen LogP contribution is -2.51. The Labute approximate surface area is 171 Å². The minimum absolute atomic E-state index is 0.0172. The molecule has 1 aliphatic heterocycles. The first-order chi connectivity index (χ1) is 13.3. The molecule has 1 saturated heterocycles. The summed E-state index contributed by atoms with van der Waals surface area (Å²) in [6.07, 6.45) is 1.27. The fourth-order valence-corrected chi connectivity index (χ4v) is 3.92. The van der Waals surface area contributed by atoms with Gasteiger partial charge in [-0.2, -0.15) is 4.68 Å². The molecule has 9 nitrogen and oxygen atoms in total. The molecule has 0 saturated carbocycles. The smallest absolute Gasteiger partial charge is 0.343 e. The maximum absolute atomic E-state index is 13.0. The topological polar surface area (TPSA) is 93.3 Å². The van der Waals surface area contributed by atoms with Crippen LogP contribution >= 0.6 is 23.2 Å². The minimum atomic E-state index is -0.750. The summed E-state index contributed by atoms with van der Waals surface area (Å²) >= 11 is 12.3. The number of halogens is 2. The molecule has 2 aromatic rings. The van der Waals surface area contributed by atoms with Crippen LogP contribution in [0.25, 0.3) is 5.69 Å². The van der Waals surface area contributed by atoms with Gasteiger partial charge in [0.2, 0.25) is 5.91 Å². The van der Waals surface area contributed by atoms with Crippen LogP contribution in [0.3, 0.4) is 0 Å². The fourth-order valence-electron chi connectivity index (χ4n) is 3.36. The molecule has 28 heavy (non-hydrogen) atoms. The Hall–Kier alpha value is -2.39. The van der Waals surface area contributed by atoms with Gasteiger partial charge in [-0.15, -0.1) is 4.68 Å². The number of rotatable bonds is 3. The monoisotopic (exact) mass is 426 g/mol. The molecule has 0 N–H and O–H groups in total. The molecule has 0 spiro atoms. The molecular weight excluding hydrogens is 407 g/mol. The van der Waals surface area contributed by atoms with Gasteiger partial charge in [0.05, 0.1) is 10.0 Å². The van der Waals surface area contributed by atoms with Crippen molar-refractivity contribution in [3.8, 4) is 5.69 Å². The minimum Gasteiger partial charge on any atom is -0.343 e. The maximum Gasteiger partial charge on any atom is 0.377 e. The molecule has 11 heteroatoms. The highest BCUT2D eigenvalue weighted by atomic mass is 35.5. The highest BCUT2D eigenvalue weighted by molar-refractivity contribution is 6.37. The predicted octanol–water partition coefficient (Wildman–Crippen LogP) is 2.04. The molecule has 0 bridgehead atoms. The van der Waals surface area contributed by atoms with Gasteiger partial charge in [-0.1, -0.05) is 29.3 Å². The third kappa shape index (κ3) is 3.77. The van der Waals surface area contributed by atoms with E-state index in [1.54, 1.807) is 28.0 Å². The summed E-state index contributed by atoms with van der Waals surface area (Å²) < 4.78 is 1.62. The first-order valence-corrected chi connectivity index (χ1v) is 9.66. The highest BCUT2D eigenvalue weighted by Gasteiger charge is 2.30. The number of tetrazole rings is 1. The average molecular weight is 427 g/mol. The number of benzene rings is 1. The van der Waals surface area contributed by atoms with Gasteiger partial charge in [0.1, 0.15) is 5.69 Å². The first-order valence-electron chi connectivity index (χ1n) is 8.91. The molecule has 1 aromatic carbocycles. The number of likely N-dealkylation sites (tertiary alicyclic amines) is 1. The number of para-hydroxylation sites is 1. The van der Waals surface area contributed by atoms with Crippen molar-refractivity contribution in [3.63, 3.8) is 0 Å². The van der Waals surface area contributed by atoms with E-state index in [1.165, 1.54) is 6.92 Å². The van der Waals surface area contributed by atoms with E-state index >= 15 is 0 Å². The number of amides is 2. The molecule has 0 atom stereocenters. The largest absolute Gasteiger partial charge is 0.377 e. The summed E-state index contributed by atoms with van der Waals surface area (Å²) in [5.74, 6) is 0.0172. The zero-order valence-electron chi connectivity index (χ0n) is 15.5. The van der Waals surface area contributed by atoms with Crippen LogP contribution in [0.2, 0.25) is 10.0 Å². The Morgan fingerprint density at radius 3 is 2.32 bits per heavy atom. The van der Waals surface area contributed by atoms with Gasteiger partial charge < -0.3 is 9.80 Å². The van der Waals surface area contributed by atoms with Crippen LogP contribution in [0.1, 0.15) is 26.7 Å². The van der Waals surface area contributed by atoms with Crippen molar-refractivity contribution in [3.05, 3.63) is 38.7 Å². The second-order valence-electron chi connectivity index (χ2n) is 6.46. The van der Waals surface area contributed by atoms with Gasteiger partial charge in [-0.3, -0.25) is 4.79 Å². The lowest BCUT2D eigenvalue weighted by Gasteiger charge is -2.37. The van der Waals surface area contributed by atoms with E-state index in [9.17, 15) is 14.4 Å². The van der Waals surface area contributed by atoms with Gasteiger partial charge in [0.15, 0.2) is 0 Å². The molecular formula is C17H20Cl2N6O3. The van der Waals surface area contributed by atoms with E-state index in [2.05, 4.69) is 10.4 Å². The van der Waals surface area contributed by atoms with Gasteiger partial charge in [0.25, 0.3) is 0 Å². The number of piperidine rings is 1. The van der Waals surface area contributed by atoms with E-state index in [-0.39, 0.29) is 27.7 Å². The van der Waals surface area contributed by atoms with Gasteiger partial charge >= 0.3 is 11.7 Å². The van der Waals surface area contributed by atoms with E-state index in [1.807, 2.05) is 6.92 Å². The predicted molar refractivity (Wildman–Crippen MR) is 104 cm³/mol. The van der Waals surface area contributed by atoms with Gasteiger partial charge in [-0.25, -0.2) is 9.59 Å². The number of carbonyl (C=O) groups excluding carboxylic acids is 2. The molecule has 150 valence electrons. The molecule has 0 unspecified atom stereocenters. The molecule has 1 aliphatic rings. The van der Waals surface area contributed by atoms with Crippen molar-refractivity contribution < 1.29 is 9.59 Å². The van der Waals surface area contributed by atoms with Crippen molar-refractivity contribution in [1.82, 2.24) is 29.6 Å². The molecule has 3 rings (SSSR count). The van der Waals surface area contributed by atoms with E-state index in [0.29, 0.717) is 37.2 Å². The standard InChI is InChI=1S/C17H20Cl2N6O3/c1-3-23(12-7-9-22(10-8-12)11(2)26)16(27)25-17(28)24(20-21-25)15-13(18)5-4-6-14(15)19/h4-6,12H,3,7-10H2,1-2H3. The fraction of sp³-hybridized carbons (Fsp3) is 0.471. The number of hydrogen-bond donors (Lipinski definition) is 0. The van der Waals surface area contributed by atoms with Crippen molar-refractivity contribution in [2.75, 3.05) is 19.6 Å². The number of nitrogens with zero attached hydrogens (tertiary/aromatic N) is 6. The highest BCUT2D eigenvalue weighted by Crippen LogP contribution is 2.26. The van der Waals surface area contributed by atoms with Crippen LogP contribution in [0.15, 0.2) is 23.0 Å². The SMILES string of the molecule is CCN(C(=O)n1nnn(-c2c(Cl)cccc2Cl)c1=O)C1CCN(C(C)=O)CC1. The number of carbonyl (C=O) groups is 2. The molecule has 0 aliphatic carbocycles. The van der Waals surface area contributed by atoms with Gasteiger partial charge in [-0.05, 0) is 42.3 Å². The Morgan fingerprint density at radius 2 is 1.79 bits per heavy atom. The normalized spacial score (nSPS) is 14.9. The van der Waals surface area contributed by atoms with Crippen molar-refractivity contribution in [2.24, 2.45) is 0 Å². The zero-order chi connectivity index (χ0) is 20.4. The maximum atomic E-state index is 13.0. The van der Waals surface area contributed by atoms with Crippen molar-refractivity contribution in [1.29, 1.82) is 0 Å². The summed E-state index contributed by atoms with van der Waals surface area (Å²) in [7, 11) is 0. The summed E-state index contributed by atoms with van der Waals surface area (Å²) in [4.78, 5) is 40.5. The molecule has 0 radical (unpaired) electrons. The summed E-state index contributed by atoms with van der Waals surface area (Å²) in [6.45, 7) is 4.90. The molecule has 2 amide bonds. The lowest BCUT2D eigenvalue weighted by molar-refractivity contribution is -0.130. The molecule has 1 fully saturated rings. The van der Waals surface area contributed by atoms with Crippen LogP contribution in [-0.4, -0.2) is 67.2 Å². The number of hydrogen-bond acceptors (Lipinski definition) is 5. The Balaban J connectivity index is 1.86. The first kappa shape index (κ1) is 20.3. The summed E-state index contributed by atoms with van der Waals surface area (Å²) in [5, 5.41) is 7.94. The quantitative estimate of drug-likeness (QED) is 0.699. The van der Waals surface area contributed by atoms with Crippen molar-refractivity contribution >= 4 is 35.1 Å². The second kappa shape index (κ2) is 8.32. The van der Waals surface area contributed by atoms with E-state index < -0.39 is 11.7 Å². The van der Waals surface area contributed by atoms with E-state index in [4.69, 9.17) is 23.2 Å². The lowest BCUT2D eigenvalue weighted by atomic mass is 10.0. The molecule has 2 heterocycles. The second-order valence-corrected chi connectivity index (χ2v) is 7.28. The van der Waals surface area contributed by atoms with Crippen LogP contribution in [0.4, 0.5) is 4.79 Å². The van der Waals surface area contributed by atoms with E-state index in [0.717, 1.165) is 4.68 Å². The average Bonchev–Trinajstić information content (AvgIpc) is 3.04. The Kier molecular flexibility index (Phi) is 6.04. The molecule has 1 aromatic heterocycles. The Bertz CT molecular complexity index is 928. The number of aromatic nitrogens is 4. The third-order valence-electron chi connectivity index (χ3n) is 4.85. The Morgan fingerprint density at radius 1 is 1.18 bits per heavy atom. The summed E-state index contributed by atoms with van der Waals surface area (Å²) in [5.41, 5.74) is -0.577. The van der Waals surface area contributed by atoms with Crippen LogP contribution < -0.4 is 5.69 Å². The summed E-state index contributed by atoms with van der Waals surface area (Å²) in [6, 6.07) is 4.12. The van der Waals surface area contributed by atoms with Crippen molar-refractivity contribution in [2.45, 2.75) is 32.7 Å². The zero-order valence-corrected chi connectivity index (χ0v) is 17.0.